The topological polar surface area (TPSA) is 68.0 Å². The van der Waals surface area contributed by atoms with Crippen molar-refractivity contribution in [3.63, 3.8) is 0 Å². The van der Waals surface area contributed by atoms with Gasteiger partial charge in [-0.25, -0.2) is 0 Å². The van der Waals surface area contributed by atoms with Gasteiger partial charge in [0.2, 0.25) is 5.91 Å². The molecule has 24 heavy (non-hydrogen) atoms. The summed E-state index contributed by atoms with van der Waals surface area (Å²) in [6, 6.07) is 0. The minimum Gasteiger partial charge on any atom is -0.359 e. The van der Waals surface area contributed by atoms with E-state index < -0.39 is 0 Å². The van der Waals surface area contributed by atoms with Crippen molar-refractivity contribution in [2.75, 3.05) is 20.1 Å². The summed E-state index contributed by atoms with van der Waals surface area (Å²) in [7, 11) is 5.42. The molecule has 0 radical (unpaired) electrons. The van der Waals surface area contributed by atoms with Crippen LogP contribution in [0.15, 0.2) is 12.4 Å². The molecule has 0 aromatic carbocycles. The number of amides is 1. The number of aromatic nitrogens is 4. The maximum Gasteiger partial charge on any atom is 0.224 e. The number of nitrogens with one attached hydrogen (secondary N) is 1. The molecule has 1 fully saturated rings. The lowest BCUT2D eigenvalue weighted by molar-refractivity contribution is -0.124. The van der Waals surface area contributed by atoms with Crippen molar-refractivity contribution in [2.24, 2.45) is 20.0 Å². The van der Waals surface area contributed by atoms with Crippen LogP contribution in [0.2, 0.25) is 5.15 Å². The number of aryl methyl sites for hydroxylation is 3. The molecule has 130 valence electrons. The third-order valence-electron chi connectivity index (χ3n) is 4.78. The van der Waals surface area contributed by atoms with Crippen LogP contribution in [0.25, 0.3) is 0 Å². The van der Waals surface area contributed by atoms with Crippen LogP contribution in [0.1, 0.15) is 22.7 Å². The van der Waals surface area contributed by atoms with Crippen molar-refractivity contribution in [3.8, 4) is 0 Å². The van der Waals surface area contributed by atoms with E-state index in [9.17, 15) is 4.79 Å². The molecule has 0 aliphatic carbocycles. The van der Waals surface area contributed by atoms with Gasteiger partial charge in [0, 0.05) is 58.5 Å². The molecule has 0 unspecified atom stereocenters. The lowest BCUT2D eigenvalue weighted by Crippen LogP contribution is -2.32. The van der Waals surface area contributed by atoms with E-state index in [0.29, 0.717) is 18.2 Å². The molecule has 2 aromatic rings. The number of likely N-dealkylation sites (tertiary alicyclic amines) is 1. The van der Waals surface area contributed by atoms with E-state index in [2.05, 4.69) is 20.4 Å². The Morgan fingerprint density at radius 3 is 2.71 bits per heavy atom. The minimum absolute atomic E-state index is 0.0698. The molecule has 1 aliphatic heterocycles. The van der Waals surface area contributed by atoms with E-state index in [0.717, 1.165) is 23.4 Å². The maximum atomic E-state index is 12.3. The van der Waals surface area contributed by atoms with Crippen molar-refractivity contribution in [1.29, 1.82) is 0 Å². The fraction of sp³-hybridized carbons (Fsp3) is 0.562. The molecular formula is C16H23ClN6O. The van der Waals surface area contributed by atoms with Crippen LogP contribution >= 0.6 is 11.6 Å². The molecule has 0 bridgehead atoms. The third kappa shape index (κ3) is 3.06. The highest BCUT2D eigenvalue weighted by Gasteiger charge is 2.39. The van der Waals surface area contributed by atoms with Crippen LogP contribution in [0.4, 0.5) is 0 Å². The van der Waals surface area contributed by atoms with Crippen LogP contribution in [0, 0.1) is 12.8 Å². The number of hydrogen-bond acceptors (Lipinski definition) is 4. The molecule has 0 spiro atoms. The highest BCUT2D eigenvalue weighted by molar-refractivity contribution is 6.30. The predicted molar refractivity (Wildman–Crippen MR) is 91.7 cm³/mol. The first kappa shape index (κ1) is 17.0. The summed E-state index contributed by atoms with van der Waals surface area (Å²) < 4.78 is 3.47. The second-order valence-electron chi connectivity index (χ2n) is 6.45. The molecule has 0 saturated carbocycles. The Bertz CT molecular complexity index is 752. The molecule has 7 nitrogen and oxygen atoms in total. The molecule has 1 N–H and O–H groups in total. The normalized spacial score (nSPS) is 21.4. The first-order valence-corrected chi connectivity index (χ1v) is 8.39. The zero-order valence-electron chi connectivity index (χ0n) is 14.5. The number of carbonyl (C=O) groups is 1. The van der Waals surface area contributed by atoms with Gasteiger partial charge in [-0.1, -0.05) is 11.6 Å². The van der Waals surface area contributed by atoms with Crippen molar-refractivity contribution in [3.05, 3.63) is 34.4 Å². The molecule has 1 aliphatic rings. The van der Waals surface area contributed by atoms with Crippen molar-refractivity contribution in [1.82, 2.24) is 29.8 Å². The number of rotatable bonds is 4. The van der Waals surface area contributed by atoms with E-state index >= 15 is 0 Å². The Labute approximate surface area is 146 Å². The van der Waals surface area contributed by atoms with Crippen molar-refractivity contribution in [2.45, 2.75) is 19.4 Å². The summed E-state index contributed by atoms with van der Waals surface area (Å²) in [5.41, 5.74) is 3.06. The van der Waals surface area contributed by atoms with Gasteiger partial charge < -0.3 is 5.32 Å². The minimum atomic E-state index is -0.0880. The Morgan fingerprint density at radius 2 is 2.17 bits per heavy atom. The first-order valence-electron chi connectivity index (χ1n) is 8.01. The van der Waals surface area contributed by atoms with Gasteiger partial charge in [0.1, 0.15) is 5.15 Å². The standard InChI is InChI=1S/C16H23ClN6O/c1-10-12(15(17)22(4)20-10)7-23-8-13(11-5-19-21(3)6-11)14(9-23)16(24)18-2/h5-6,13-14H,7-9H2,1-4H3,(H,18,24)/t13-,14+/m1/s1. The second-order valence-corrected chi connectivity index (χ2v) is 6.81. The second kappa shape index (κ2) is 6.57. The molecule has 2 aromatic heterocycles. The lowest BCUT2D eigenvalue weighted by Gasteiger charge is -2.15. The zero-order chi connectivity index (χ0) is 17.4. The summed E-state index contributed by atoms with van der Waals surface area (Å²) in [6.45, 7) is 4.16. The van der Waals surface area contributed by atoms with Crippen LogP contribution in [0.3, 0.4) is 0 Å². The average Bonchev–Trinajstić information content (AvgIpc) is 3.22. The third-order valence-corrected chi connectivity index (χ3v) is 5.26. The van der Waals surface area contributed by atoms with Crippen LogP contribution in [-0.4, -0.2) is 50.5 Å². The SMILES string of the molecule is CNC(=O)[C@H]1CN(Cc2c(C)nn(C)c2Cl)C[C@@H]1c1cnn(C)c1. The highest BCUT2D eigenvalue weighted by Crippen LogP contribution is 2.34. The van der Waals surface area contributed by atoms with Crippen LogP contribution < -0.4 is 5.32 Å². The zero-order valence-corrected chi connectivity index (χ0v) is 15.2. The summed E-state index contributed by atoms with van der Waals surface area (Å²) in [6.07, 6.45) is 3.85. The Morgan fingerprint density at radius 1 is 1.42 bits per heavy atom. The van der Waals surface area contributed by atoms with E-state index in [4.69, 9.17) is 11.6 Å². The molecule has 2 atom stereocenters. The Hall–Kier alpha value is -1.86. The number of hydrogen-bond donors (Lipinski definition) is 1. The van der Waals surface area contributed by atoms with E-state index in [1.165, 1.54) is 0 Å². The average molecular weight is 351 g/mol. The summed E-state index contributed by atoms with van der Waals surface area (Å²) >= 11 is 6.36. The predicted octanol–water partition coefficient (Wildman–Crippen LogP) is 1.08. The summed E-state index contributed by atoms with van der Waals surface area (Å²) in [5.74, 6) is 0.115. The molecule has 3 rings (SSSR count). The molecular weight excluding hydrogens is 328 g/mol. The van der Waals surface area contributed by atoms with Gasteiger partial charge in [-0.15, -0.1) is 0 Å². The van der Waals surface area contributed by atoms with Gasteiger partial charge in [-0.2, -0.15) is 10.2 Å². The van der Waals surface area contributed by atoms with Gasteiger partial charge in [-0.05, 0) is 12.5 Å². The first-order chi connectivity index (χ1) is 11.4. The molecule has 1 amide bonds. The number of nitrogens with zero attached hydrogens (tertiary/aromatic N) is 5. The van der Waals surface area contributed by atoms with Crippen molar-refractivity contribution < 1.29 is 4.79 Å². The molecule has 3 heterocycles. The van der Waals surface area contributed by atoms with Crippen LogP contribution in [0.5, 0.6) is 0 Å². The molecule has 8 heteroatoms. The van der Waals surface area contributed by atoms with Crippen molar-refractivity contribution >= 4 is 17.5 Å². The smallest absolute Gasteiger partial charge is 0.224 e. The lowest BCUT2D eigenvalue weighted by atomic mass is 9.90. The highest BCUT2D eigenvalue weighted by atomic mass is 35.5. The van der Waals surface area contributed by atoms with Gasteiger partial charge >= 0.3 is 0 Å². The van der Waals surface area contributed by atoms with Gasteiger partial charge in [-0.3, -0.25) is 19.1 Å². The Balaban J connectivity index is 1.82. The monoisotopic (exact) mass is 350 g/mol. The van der Waals surface area contributed by atoms with Gasteiger partial charge in [0.15, 0.2) is 0 Å². The van der Waals surface area contributed by atoms with E-state index in [-0.39, 0.29) is 17.7 Å². The quantitative estimate of drug-likeness (QED) is 0.896. The van der Waals surface area contributed by atoms with Gasteiger partial charge in [0.25, 0.3) is 0 Å². The number of carbonyl (C=O) groups excluding carboxylic acids is 1. The largest absolute Gasteiger partial charge is 0.359 e. The van der Waals surface area contributed by atoms with Crippen LogP contribution in [-0.2, 0) is 25.4 Å². The Kier molecular flexibility index (Phi) is 4.64. The maximum absolute atomic E-state index is 12.3. The fourth-order valence-corrected chi connectivity index (χ4v) is 3.75. The van der Waals surface area contributed by atoms with Gasteiger partial charge in [0.05, 0.1) is 17.8 Å². The van der Waals surface area contributed by atoms with E-state index in [1.54, 1.807) is 16.4 Å². The fourth-order valence-electron chi connectivity index (χ4n) is 3.51. The number of halogens is 1. The summed E-state index contributed by atoms with van der Waals surface area (Å²) in [4.78, 5) is 14.6. The van der Waals surface area contributed by atoms with E-state index in [1.807, 2.05) is 33.4 Å². The summed E-state index contributed by atoms with van der Waals surface area (Å²) in [5, 5.41) is 12.1. The molecule has 1 saturated heterocycles.